The number of benzene rings is 1. The molecule has 4 nitrogen and oxygen atoms in total. The highest BCUT2D eigenvalue weighted by molar-refractivity contribution is 5.81. The number of hydrogen-bond donors (Lipinski definition) is 2. The zero-order valence-corrected chi connectivity index (χ0v) is 12.9. The number of rotatable bonds is 7. The molecule has 1 atom stereocenters. The fraction of sp³-hybridized carbons (Fsp3) is 0.562. The number of carbonyl (C=O) groups is 1. The molecule has 0 spiro atoms. The first-order valence-electron chi connectivity index (χ1n) is 7.21. The third-order valence-corrected chi connectivity index (χ3v) is 3.80. The highest BCUT2D eigenvalue weighted by atomic mass is 16.5. The number of hydrogen-bond acceptors (Lipinski definition) is 3. The van der Waals surface area contributed by atoms with E-state index in [4.69, 9.17) is 10.5 Å². The summed E-state index contributed by atoms with van der Waals surface area (Å²) in [5, 5.41) is 3.03. The van der Waals surface area contributed by atoms with Gasteiger partial charge in [-0.15, -0.1) is 0 Å². The molecule has 0 radical (unpaired) electrons. The van der Waals surface area contributed by atoms with Gasteiger partial charge < -0.3 is 15.8 Å². The van der Waals surface area contributed by atoms with Gasteiger partial charge in [-0.25, -0.2) is 0 Å². The Morgan fingerprint density at radius 3 is 2.55 bits per heavy atom. The van der Waals surface area contributed by atoms with Gasteiger partial charge in [-0.05, 0) is 44.4 Å². The zero-order valence-electron chi connectivity index (χ0n) is 12.9. The van der Waals surface area contributed by atoms with E-state index in [1.54, 1.807) is 6.92 Å². The lowest BCUT2D eigenvalue weighted by molar-refractivity contribution is -0.129. The number of ether oxygens (including phenoxy) is 1. The topological polar surface area (TPSA) is 64.3 Å². The summed E-state index contributed by atoms with van der Waals surface area (Å²) < 4.78 is 5.68. The second-order valence-corrected chi connectivity index (χ2v) is 5.26. The minimum atomic E-state index is -0.541. The molecule has 112 valence electrons. The first-order valence-corrected chi connectivity index (χ1v) is 7.21. The van der Waals surface area contributed by atoms with Crippen LogP contribution in [0.1, 0.15) is 39.2 Å². The molecule has 0 saturated heterocycles. The molecule has 0 bridgehead atoms. The van der Waals surface area contributed by atoms with Crippen LogP contribution in [0, 0.1) is 6.92 Å². The minimum Gasteiger partial charge on any atom is -0.481 e. The summed E-state index contributed by atoms with van der Waals surface area (Å²) in [6.07, 6.45) is 1.08. The first kappa shape index (κ1) is 16.5. The Labute approximate surface area is 121 Å². The van der Waals surface area contributed by atoms with Gasteiger partial charge in [0.25, 0.3) is 5.91 Å². The monoisotopic (exact) mass is 278 g/mol. The van der Waals surface area contributed by atoms with Crippen LogP contribution in [0.4, 0.5) is 0 Å². The van der Waals surface area contributed by atoms with Gasteiger partial charge in [0.05, 0.1) is 5.54 Å². The third-order valence-electron chi connectivity index (χ3n) is 3.80. The Morgan fingerprint density at radius 2 is 2.05 bits per heavy atom. The molecule has 4 heteroatoms. The summed E-state index contributed by atoms with van der Waals surface area (Å²) in [5.74, 6) is 0.583. The lowest BCUT2D eigenvalue weighted by Gasteiger charge is -2.32. The van der Waals surface area contributed by atoms with E-state index < -0.39 is 6.10 Å². The molecular formula is C16H26N2O2. The molecule has 0 aliphatic carbocycles. The molecule has 1 aromatic carbocycles. The van der Waals surface area contributed by atoms with Gasteiger partial charge >= 0.3 is 0 Å². The average Bonchev–Trinajstić information content (AvgIpc) is 2.44. The normalized spacial score (nSPS) is 12.8. The lowest BCUT2D eigenvalue weighted by atomic mass is 9.92. The highest BCUT2D eigenvalue weighted by Gasteiger charge is 2.28. The maximum atomic E-state index is 12.2. The van der Waals surface area contributed by atoms with Gasteiger partial charge in [0.2, 0.25) is 0 Å². The number of nitrogens with one attached hydrogen (secondary N) is 1. The van der Waals surface area contributed by atoms with Crippen molar-refractivity contribution in [2.45, 2.75) is 52.2 Å². The summed E-state index contributed by atoms with van der Waals surface area (Å²) in [6, 6.07) is 7.68. The Kier molecular flexibility index (Phi) is 6.02. The molecule has 0 aliphatic rings. The predicted octanol–water partition coefficient (Wildman–Crippen LogP) is 2.40. The Balaban J connectivity index is 2.67. The number of carbonyl (C=O) groups excluding carboxylic acids is 1. The van der Waals surface area contributed by atoms with E-state index in [9.17, 15) is 4.79 Å². The van der Waals surface area contributed by atoms with E-state index in [1.165, 1.54) is 0 Å². The van der Waals surface area contributed by atoms with Crippen LogP contribution in [-0.2, 0) is 4.79 Å². The summed E-state index contributed by atoms with van der Waals surface area (Å²) in [4.78, 5) is 12.2. The van der Waals surface area contributed by atoms with Gasteiger partial charge in [-0.2, -0.15) is 0 Å². The lowest BCUT2D eigenvalue weighted by Crippen LogP contribution is -2.55. The van der Waals surface area contributed by atoms with E-state index in [0.29, 0.717) is 12.3 Å². The second-order valence-electron chi connectivity index (χ2n) is 5.26. The maximum Gasteiger partial charge on any atom is 0.261 e. The Bertz CT molecular complexity index is 434. The Hall–Kier alpha value is -1.55. The molecule has 1 aromatic rings. The van der Waals surface area contributed by atoms with E-state index >= 15 is 0 Å². The SMILES string of the molecule is CCC(CC)(CN)NC(=O)C(C)Oc1cccc(C)c1. The van der Waals surface area contributed by atoms with Crippen molar-refractivity contribution in [2.75, 3.05) is 6.54 Å². The highest BCUT2D eigenvalue weighted by Crippen LogP contribution is 2.16. The standard InChI is InChI=1S/C16H26N2O2/c1-5-16(6-2,11-17)18-15(19)13(4)20-14-9-7-8-12(3)10-14/h7-10,13H,5-6,11,17H2,1-4H3,(H,18,19). The zero-order chi connectivity index (χ0) is 15.2. The molecule has 3 N–H and O–H groups in total. The molecule has 20 heavy (non-hydrogen) atoms. The van der Waals surface area contributed by atoms with Crippen LogP contribution in [-0.4, -0.2) is 24.1 Å². The van der Waals surface area contributed by atoms with Gasteiger partial charge in [0.15, 0.2) is 6.10 Å². The van der Waals surface area contributed by atoms with Crippen LogP contribution in [0.5, 0.6) is 5.75 Å². The van der Waals surface area contributed by atoms with Crippen molar-refractivity contribution < 1.29 is 9.53 Å². The molecule has 1 amide bonds. The minimum absolute atomic E-state index is 0.124. The van der Waals surface area contributed by atoms with Crippen LogP contribution in [0.3, 0.4) is 0 Å². The van der Waals surface area contributed by atoms with Crippen LogP contribution in [0.25, 0.3) is 0 Å². The van der Waals surface area contributed by atoms with Gasteiger partial charge in [-0.3, -0.25) is 4.79 Å². The van der Waals surface area contributed by atoms with Crippen LogP contribution in [0.2, 0.25) is 0 Å². The van der Waals surface area contributed by atoms with E-state index in [-0.39, 0.29) is 11.4 Å². The van der Waals surface area contributed by atoms with Crippen molar-refractivity contribution in [3.63, 3.8) is 0 Å². The summed E-state index contributed by atoms with van der Waals surface area (Å²) in [5.41, 5.74) is 6.57. The van der Waals surface area contributed by atoms with Crippen molar-refractivity contribution in [2.24, 2.45) is 5.73 Å². The van der Waals surface area contributed by atoms with Gasteiger partial charge in [0, 0.05) is 6.54 Å². The van der Waals surface area contributed by atoms with E-state index in [1.807, 2.05) is 45.0 Å². The van der Waals surface area contributed by atoms with Crippen molar-refractivity contribution in [1.29, 1.82) is 0 Å². The Morgan fingerprint density at radius 1 is 1.40 bits per heavy atom. The molecule has 0 fully saturated rings. The smallest absolute Gasteiger partial charge is 0.261 e. The average molecular weight is 278 g/mol. The summed E-state index contributed by atoms with van der Waals surface area (Å²) in [7, 11) is 0. The molecule has 0 heterocycles. The summed E-state index contributed by atoms with van der Waals surface area (Å²) >= 11 is 0. The number of nitrogens with two attached hydrogens (primary N) is 1. The molecule has 0 aromatic heterocycles. The van der Waals surface area contributed by atoms with Gasteiger partial charge in [0.1, 0.15) is 5.75 Å². The van der Waals surface area contributed by atoms with Crippen molar-refractivity contribution in [3.8, 4) is 5.75 Å². The first-order chi connectivity index (χ1) is 9.46. The van der Waals surface area contributed by atoms with Crippen molar-refractivity contribution >= 4 is 5.91 Å². The van der Waals surface area contributed by atoms with Crippen molar-refractivity contribution in [3.05, 3.63) is 29.8 Å². The maximum absolute atomic E-state index is 12.2. The second kappa shape index (κ2) is 7.29. The predicted molar refractivity (Wildman–Crippen MR) is 81.8 cm³/mol. The molecule has 1 rings (SSSR count). The molecule has 1 unspecified atom stereocenters. The quantitative estimate of drug-likeness (QED) is 0.805. The summed E-state index contributed by atoms with van der Waals surface area (Å²) in [6.45, 7) is 8.24. The van der Waals surface area contributed by atoms with Crippen LogP contribution in [0.15, 0.2) is 24.3 Å². The largest absolute Gasteiger partial charge is 0.481 e. The fourth-order valence-corrected chi connectivity index (χ4v) is 2.08. The third kappa shape index (κ3) is 4.23. The number of amides is 1. The van der Waals surface area contributed by atoms with Gasteiger partial charge in [-0.1, -0.05) is 26.0 Å². The number of aryl methyl sites for hydroxylation is 1. The van der Waals surface area contributed by atoms with Crippen LogP contribution >= 0.6 is 0 Å². The van der Waals surface area contributed by atoms with E-state index in [0.717, 1.165) is 18.4 Å². The van der Waals surface area contributed by atoms with Crippen molar-refractivity contribution in [1.82, 2.24) is 5.32 Å². The molecular weight excluding hydrogens is 252 g/mol. The van der Waals surface area contributed by atoms with E-state index in [2.05, 4.69) is 5.32 Å². The van der Waals surface area contributed by atoms with Crippen LogP contribution < -0.4 is 15.8 Å². The molecule has 0 saturated carbocycles. The fourth-order valence-electron chi connectivity index (χ4n) is 2.08. The molecule has 0 aliphatic heterocycles.